The van der Waals surface area contributed by atoms with Gasteiger partial charge in [-0.1, -0.05) is 49.7 Å². The number of benzene rings is 2. The van der Waals surface area contributed by atoms with Crippen LogP contribution in [0.5, 0.6) is 11.5 Å². The molecule has 2 aromatic carbocycles. The molecule has 0 saturated heterocycles. The summed E-state index contributed by atoms with van der Waals surface area (Å²) in [6.45, 7) is 3.71. The molecule has 0 bridgehead atoms. The number of hydrogen-bond donors (Lipinski definition) is 1. The molecule has 1 N–H and O–H groups in total. The molecule has 1 aliphatic heterocycles. The molecule has 136 valence electrons. The van der Waals surface area contributed by atoms with Gasteiger partial charge in [-0.15, -0.1) is 0 Å². The number of ether oxygens (including phenoxy) is 2. The summed E-state index contributed by atoms with van der Waals surface area (Å²) in [5.41, 5.74) is 1.49. The molecule has 1 atom stereocenters. The summed E-state index contributed by atoms with van der Waals surface area (Å²) in [5.74, 6) is -0.0696. The number of esters is 1. The van der Waals surface area contributed by atoms with Crippen LogP contribution in [0, 0.1) is 0 Å². The first-order valence-corrected chi connectivity index (χ1v) is 8.91. The molecule has 0 radical (unpaired) electrons. The number of rotatable bonds is 6. The normalized spacial score (nSPS) is 13.8. The van der Waals surface area contributed by atoms with E-state index < -0.39 is 11.9 Å². The van der Waals surface area contributed by atoms with E-state index in [0.717, 1.165) is 24.0 Å². The number of carbonyl (C=O) groups excluding carboxylic acids is 2. The average Bonchev–Trinajstić information content (AvgIpc) is 2.64. The molecule has 1 unspecified atom stereocenters. The molecular formula is C21H23NO4. The van der Waals surface area contributed by atoms with Crippen molar-refractivity contribution in [1.82, 2.24) is 5.32 Å². The van der Waals surface area contributed by atoms with Gasteiger partial charge >= 0.3 is 5.97 Å². The SMILES string of the molecule is CCCC(C)NC(=O)COC(=O)C1c2ccccc2Oc2ccccc21. The van der Waals surface area contributed by atoms with E-state index in [4.69, 9.17) is 9.47 Å². The van der Waals surface area contributed by atoms with E-state index in [2.05, 4.69) is 12.2 Å². The third kappa shape index (κ3) is 3.87. The summed E-state index contributed by atoms with van der Waals surface area (Å²) in [5, 5.41) is 2.84. The number of carbonyl (C=O) groups is 2. The summed E-state index contributed by atoms with van der Waals surface area (Å²) in [6.07, 6.45) is 1.87. The molecular weight excluding hydrogens is 330 g/mol. The molecule has 0 aliphatic carbocycles. The topological polar surface area (TPSA) is 64.6 Å². The van der Waals surface area contributed by atoms with Crippen LogP contribution in [0.1, 0.15) is 43.7 Å². The van der Waals surface area contributed by atoms with Crippen LogP contribution in [-0.2, 0) is 14.3 Å². The minimum absolute atomic E-state index is 0.0655. The monoisotopic (exact) mass is 353 g/mol. The van der Waals surface area contributed by atoms with E-state index in [-0.39, 0.29) is 18.6 Å². The van der Waals surface area contributed by atoms with Crippen LogP contribution >= 0.6 is 0 Å². The second-order valence-electron chi connectivity index (χ2n) is 6.48. The maximum atomic E-state index is 12.8. The van der Waals surface area contributed by atoms with E-state index in [1.165, 1.54) is 0 Å². The largest absolute Gasteiger partial charge is 0.457 e. The second kappa shape index (κ2) is 8.04. The van der Waals surface area contributed by atoms with Crippen molar-refractivity contribution in [3.05, 3.63) is 59.7 Å². The summed E-state index contributed by atoms with van der Waals surface area (Å²) in [4.78, 5) is 24.8. The van der Waals surface area contributed by atoms with Crippen LogP contribution in [0.4, 0.5) is 0 Å². The maximum absolute atomic E-state index is 12.8. The Bertz CT molecular complexity index is 757. The van der Waals surface area contributed by atoms with E-state index in [1.54, 1.807) is 0 Å². The Labute approximate surface area is 153 Å². The van der Waals surface area contributed by atoms with Gasteiger partial charge in [-0.2, -0.15) is 0 Å². The van der Waals surface area contributed by atoms with E-state index >= 15 is 0 Å². The van der Waals surface area contributed by atoms with Crippen LogP contribution in [-0.4, -0.2) is 24.5 Å². The van der Waals surface area contributed by atoms with Crippen molar-refractivity contribution in [1.29, 1.82) is 0 Å². The van der Waals surface area contributed by atoms with Gasteiger partial charge in [0.1, 0.15) is 17.4 Å². The highest BCUT2D eigenvalue weighted by molar-refractivity contribution is 5.87. The number of amides is 1. The lowest BCUT2D eigenvalue weighted by atomic mass is 9.88. The molecule has 26 heavy (non-hydrogen) atoms. The first-order valence-electron chi connectivity index (χ1n) is 8.91. The lowest BCUT2D eigenvalue weighted by molar-refractivity contribution is -0.149. The molecule has 5 heteroatoms. The lowest BCUT2D eigenvalue weighted by Crippen LogP contribution is -2.36. The third-order valence-corrected chi connectivity index (χ3v) is 4.39. The van der Waals surface area contributed by atoms with Crippen LogP contribution in [0.3, 0.4) is 0 Å². The van der Waals surface area contributed by atoms with E-state index in [0.29, 0.717) is 11.5 Å². The van der Waals surface area contributed by atoms with Crippen molar-refractivity contribution in [3.63, 3.8) is 0 Å². The smallest absolute Gasteiger partial charge is 0.318 e. The van der Waals surface area contributed by atoms with Crippen LogP contribution in [0.25, 0.3) is 0 Å². The van der Waals surface area contributed by atoms with Gasteiger partial charge < -0.3 is 14.8 Å². The molecule has 1 heterocycles. The number of hydrogen-bond acceptors (Lipinski definition) is 4. The zero-order chi connectivity index (χ0) is 18.5. The summed E-state index contributed by atoms with van der Waals surface area (Å²) >= 11 is 0. The quantitative estimate of drug-likeness (QED) is 0.803. The highest BCUT2D eigenvalue weighted by Gasteiger charge is 2.33. The van der Waals surface area contributed by atoms with E-state index in [9.17, 15) is 9.59 Å². The van der Waals surface area contributed by atoms with Crippen molar-refractivity contribution in [2.45, 2.75) is 38.6 Å². The van der Waals surface area contributed by atoms with Gasteiger partial charge in [-0.05, 0) is 25.5 Å². The molecule has 2 aromatic rings. The Morgan fingerprint density at radius 1 is 1.08 bits per heavy atom. The fourth-order valence-corrected chi connectivity index (χ4v) is 3.21. The fourth-order valence-electron chi connectivity index (χ4n) is 3.21. The Hall–Kier alpha value is -2.82. The molecule has 0 spiro atoms. The molecule has 3 rings (SSSR count). The first-order chi connectivity index (χ1) is 12.6. The number of para-hydroxylation sites is 2. The zero-order valence-corrected chi connectivity index (χ0v) is 15.0. The van der Waals surface area contributed by atoms with Crippen molar-refractivity contribution in [2.24, 2.45) is 0 Å². The molecule has 0 fully saturated rings. The first kappa shape index (κ1) is 18.0. The zero-order valence-electron chi connectivity index (χ0n) is 15.0. The van der Waals surface area contributed by atoms with Crippen molar-refractivity contribution in [3.8, 4) is 11.5 Å². The Morgan fingerprint density at radius 2 is 1.65 bits per heavy atom. The van der Waals surface area contributed by atoms with Crippen LogP contribution in [0.15, 0.2) is 48.5 Å². The van der Waals surface area contributed by atoms with Gasteiger partial charge in [0.25, 0.3) is 5.91 Å². The summed E-state index contributed by atoms with van der Waals surface area (Å²) in [7, 11) is 0. The van der Waals surface area contributed by atoms with Crippen molar-refractivity contribution >= 4 is 11.9 Å². The van der Waals surface area contributed by atoms with Crippen LogP contribution < -0.4 is 10.1 Å². The van der Waals surface area contributed by atoms with Gasteiger partial charge in [0, 0.05) is 17.2 Å². The predicted molar refractivity (Wildman–Crippen MR) is 98.3 cm³/mol. The molecule has 0 aromatic heterocycles. The lowest BCUT2D eigenvalue weighted by Gasteiger charge is -2.26. The predicted octanol–water partition coefficient (Wildman–Crippen LogP) is 3.77. The molecule has 0 saturated carbocycles. The van der Waals surface area contributed by atoms with Crippen LogP contribution in [0.2, 0.25) is 0 Å². The minimum atomic E-state index is -0.600. The summed E-state index contributed by atoms with van der Waals surface area (Å²) in [6, 6.07) is 14.8. The van der Waals surface area contributed by atoms with Gasteiger partial charge in [-0.25, -0.2) is 0 Å². The van der Waals surface area contributed by atoms with Gasteiger partial charge in [0.2, 0.25) is 0 Å². The Kier molecular flexibility index (Phi) is 5.56. The highest BCUT2D eigenvalue weighted by Crippen LogP contribution is 2.44. The van der Waals surface area contributed by atoms with Crippen molar-refractivity contribution in [2.75, 3.05) is 6.61 Å². The molecule has 1 amide bonds. The Balaban J connectivity index is 1.74. The Morgan fingerprint density at radius 3 is 2.23 bits per heavy atom. The third-order valence-electron chi connectivity index (χ3n) is 4.39. The maximum Gasteiger partial charge on any atom is 0.318 e. The number of fused-ring (bicyclic) bond motifs is 2. The summed E-state index contributed by atoms with van der Waals surface area (Å²) < 4.78 is 11.2. The fraction of sp³-hybridized carbons (Fsp3) is 0.333. The highest BCUT2D eigenvalue weighted by atomic mass is 16.5. The molecule has 1 aliphatic rings. The van der Waals surface area contributed by atoms with Crippen molar-refractivity contribution < 1.29 is 19.1 Å². The van der Waals surface area contributed by atoms with Gasteiger partial charge in [0.15, 0.2) is 6.61 Å². The molecule has 5 nitrogen and oxygen atoms in total. The second-order valence-corrected chi connectivity index (χ2v) is 6.48. The van der Waals surface area contributed by atoms with Gasteiger partial charge in [-0.3, -0.25) is 9.59 Å². The van der Waals surface area contributed by atoms with E-state index in [1.807, 2.05) is 55.5 Å². The number of nitrogens with one attached hydrogen (secondary N) is 1. The average molecular weight is 353 g/mol. The minimum Gasteiger partial charge on any atom is -0.457 e. The standard InChI is InChI=1S/C21H23NO4/c1-3-8-14(2)22-19(23)13-25-21(24)20-15-9-4-6-11-17(15)26-18-12-7-5-10-16(18)20/h4-7,9-12,14,20H,3,8,13H2,1-2H3,(H,22,23). The van der Waals surface area contributed by atoms with Gasteiger partial charge in [0.05, 0.1) is 0 Å².